The highest BCUT2D eigenvalue weighted by Gasteiger charge is 2.14. The second-order valence-electron chi connectivity index (χ2n) is 4.41. The summed E-state index contributed by atoms with van der Waals surface area (Å²) in [5, 5.41) is 1.11. The monoisotopic (exact) mass is 324 g/mol. The largest absolute Gasteiger partial charge is 0.341 e. The van der Waals surface area contributed by atoms with Gasteiger partial charge < -0.3 is 4.90 Å². The Bertz CT molecular complexity index is 604. The molecule has 1 amide bonds. The van der Waals surface area contributed by atoms with Crippen LogP contribution in [0.3, 0.4) is 0 Å². The predicted molar refractivity (Wildman–Crippen MR) is 82.8 cm³/mol. The van der Waals surface area contributed by atoms with Gasteiger partial charge in [-0.3, -0.25) is 4.79 Å². The van der Waals surface area contributed by atoms with Crippen molar-refractivity contribution in [2.24, 2.45) is 0 Å². The van der Waals surface area contributed by atoms with Gasteiger partial charge >= 0.3 is 0 Å². The third-order valence-corrected chi connectivity index (χ3v) is 4.15. The number of thioether (sulfide) groups is 1. The normalized spacial score (nSPS) is 10.4. The predicted octanol–water partition coefficient (Wildman–Crippen LogP) is 3.62. The van der Waals surface area contributed by atoms with Gasteiger partial charge in [0.2, 0.25) is 5.91 Å². The first-order chi connectivity index (χ1) is 10.1. The van der Waals surface area contributed by atoms with Gasteiger partial charge in [0.1, 0.15) is 5.82 Å². The Kier molecular flexibility index (Phi) is 5.59. The van der Waals surface area contributed by atoms with Crippen LogP contribution in [0.25, 0.3) is 0 Å². The van der Waals surface area contributed by atoms with Crippen molar-refractivity contribution in [2.75, 3.05) is 12.8 Å². The van der Waals surface area contributed by atoms with Crippen molar-refractivity contribution in [2.45, 2.75) is 11.6 Å². The van der Waals surface area contributed by atoms with E-state index in [1.807, 2.05) is 18.2 Å². The molecule has 0 saturated heterocycles. The van der Waals surface area contributed by atoms with E-state index in [0.29, 0.717) is 10.6 Å². The van der Waals surface area contributed by atoms with Gasteiger partial charge in [-0.2, -0.15) is 0 Å². The van der Waals surface area contributed by atoms with Crippen molar-refractivity contribution in [3.05, 3.63) is 59.0 Å². The van der Waals surface area contributed by atoms with E-state index in [0.717, 1.165) is 5.03 Å². The first kappa shape index (κ1) is 15.8. The van der Waals surface area contributed by atoms with Crippen LogP contribution in [0.15, 0.2) is 47.6 Å². The number of hydrogen-bond acceptors (Lipinski definition) is 3. The maximum Gasteiger partial charge on any atom is 0.233 e. The van der Waals surface area contributed by atoms with Gasteiger partial charge in [-0.25, -0.2) is 9.37 Å². The van der Waals surface area contributed by atoms with Crippen molar-refractivity contribution in [1.82, 2.24) is 9.88 Å². The van der Waals surface area contributed by atoms with E-state index in [4.69, 9.17) is 11.6 Å². The minimum absolute atomic E-state index is 0.107. The number of rotatable bonds is 5. The second-order valence-corrected chi connectivity index (χ2v) is 5.81. The first-order valence-electron chi connectivity index (χ1n) is 6.28. The summed E-state index contributed by atoms with van der Waals surface area (Å²) in [6.07, 6.45) is 1.68. The lowest BCUT2D eigenvalue weighted by Gasteiger charge is -2.18. The van der Waals surface area contributed by atoms with Crippen molar-refractivity contribution in [1.29, 1.82) is 0 Å². The Morgan fingerprint density at radius 2 is 2.14 bits per heavy atom. The van der Waals surface area contributed by atoms with Crippen molar-refractivity contribution in [3.8, 4) is 0 Å². The van der Waals surface area contributed by atoms with E-state index >= 15 is 0 Å². The molecular weight excluding hydrogens is 311 g/mol. The SMILES string of the molecule is CN(Cc1c(F)cccc1Cl)C(=O)CSc1ccccn1. The number of benzene rings is 1. The molecule has 6 heteroatoms. The fourth-order valence-corrected chi connectivity index (χ4v) is 2.71. The third-order valence-electron chi connectivity index (χ3n) is 2.86. The van der Waals surface area contributed by atoms with E-state index in [1.165, 1.54) is 22.7 Å². The van der Waals surface area contributed by atoms with Crippen molar-refractivity contribution in [3.63, 3.8) is 0 Å². The summed E-state index contributed by atoms with van der Waals surface area (Å²) in [6, 6.07) is 10.0. The smallest absolute Gasteiger partial charge is 0.233 e. The molecule has 0 aliphatic carbocycles. The quantitative estimate of drug-likeness (QED) is 0.787. The maximum absolute atomic E-state index is 13.7. The second kappa shape index (κ2) is 7.43. The molecule has 0 unspecified atom stereocenters. The molecule has 0 atom stereocenters. The molecule has 110 valence electrons. The summed E-state index contributed by atoms with van der Waals surface area (Å²) in [6.45, 7) is 0.146. The zero-order chi connectivity index (χ0) is 15.2. The minimum Gasteiger partial charge on any atom is -0.341 e. The van der Waals surface area contributed by atoms with Gasteiger partial charge in [0, 0.05) is 30.4 Å². The van der Waals surface area contributed by atoms with E-state index in [1.54, 1.807) is 25.4 Å². The number of halogens is 2. The van der Waals surface area contributed by atoms with Crippen LogP contribution in [0, 0.1) is 5.82 Å². The number of hydrogen-bond donors (Lipinski definition) is 0. The van der Waals surface area contributed by atoms with E-state index in [9.17, 15) is 9.18 Å². The van der Waals surface area contributed by atoms with E-state index in [-0.39, 0.29) is 18.2 Å². The molecule has 0 spiro atoms. The van der Waals surface area contributed by atoms with Crippen LogP contribution in [0.2, 0.25) is 5.02 Å². The molecule has 0 radical (unpaired) electrons. The van der Waals surface area contributed by atoms with Crippen molar-refractivity contribution < 1.29 is 9.18 Å². The highest BCUT2D eigenvalue weighted by Crippen LogP contribution is 2.21. The lowest BCUT2D eigenvalue weighted by atomic mass is 10.2. The highest BCUT2D eigenvalue weighted by molar-refractivity contribution is 7.99. The van der Waals surface area contributed by atoms with Crippen LogP contribution >= 0.6 is 23.4 Å². The summed E-state index contributed by atoms with van der Waals surface area (Å²) in [5.74, 6) is -0.260. The first-order valence-corrected chi connectivity index (χ1v) is 7.65. The topological polar surface area (TPSA) is 33.2 Å². The van der Waals surface area contributed by atoms with Crippen LogP contribution in [-0.4, -0.2) is 28.6 Å². The Morgan fingerprint density at radius 1 is 1.33 bits per heavy atom. The molecule has 1 aromatic carbocycles. The van der Waals surface area contributed by atoms with Gasteiger partial charge in [0.15, 0.2) is 0 Å². The number of carbonyl (C=O) groups is 1. The summed E-state index contributed by atoms with van der Waals surface area (Å²) in [5.41, 5.74) is 0.331. The van der Waals surface area contributed by atoms with Crippen LogP contribution < -0.4 is 0 Å². The Morgan fingerprint density at radius 3 is 2.81 bits per heavy atom. The van der Waals surface area contributed by atoms with Gasteiger partial charge in [-0.1, -0.05) is 35.5 Å². The molecule has 0 N–H and O–H groups in total. The maximum atomic E-state index is 13.7. The molecule has 21 heavy (non-hydrogen) atoms. The van der Waals surface area contributed by atoms with Crippen LogP contribution in [0.4, 0.5) is 4.39 Å². The van der Waals surface area contributed by atoms with E-state index < -0.39 is 5.82 Å². The molecule has 1 aromatic heterocycles. The molecule has 0 fully saturated rings. The van der Waals surface area contributed by atoms with Crippen LogP contribution in [0.1, 0.15) is 5.56 Å². The van der Waals surface area contributed by atoms with Crippen LogP contribution in [-0.2, 0) is 11.3 Å². The van der Waals surface area contributed by atoms with Gasteiger partial charge in [-0.15, -0.1) is 0 Å². The van der Waals surface area contributed by atoms with Gasteiger partial charge in [-0.05, 0) is 24.3 Å². The fraction of sp³-hybridized carbons (Fsp3) is 0.200. The number of aromatic nitrogens is 1. The standard InChI is InChI=1S/C15H14ClFN2OS/c1-19(9-11-12(16)5-4-6-13(11)17)15(20)10-21-14-7-2-3-8-18-14/h2-8H,9-10H2,1H3. The molecule has 0 aliphatic heterocycles. The van der Waals surface area contributed by atoms with Crippen LogP contribution in [0.5, 0.6) is 0 Å². The fourth-order valence-electron chi connectivity index (χ4n) is 1.69. The van der Waals surface area contributed by atoms with E-state index in [2.05, 4.69) is 4.98 Å². The zero-order valence-corrected chi connectivity index (χ0v) is 13.0. The molecule has 3 nitrogen and oxygen atoms in total. The van der Waals surface area contributed by atoms with Crippen molar-refractivity contribution >= 4 is 29.3 Å². The average Bonchev–Trinajstić information content (AvgIpc) is 2.49. The summed E-state index contributed by atoms with van der Waals surface area (Å²) in [4.78, 5) is 17.6. The molecule has 0 aliphatic rings. The number of nitrogens with zero attached hydrogens (tertiary/aromatic N) is 2. The lowest BCUT2D eigenvalue weighted by Crippen LogP contribution is -2.28. The summed E-state index contributed by atoms with van der Waals surface area (Å²) in [7, 11) is 1.63. The molecule has 1 heterocycles. The Balaban J connectivity index is 1.94. The number of amides is 1. The molecular formula is C15H14ClFN2OS. The molecule has 2 rings (SSSR count). The lowest BCUT2D eigenvalue weighted by molar-refractivity contribution is -0.127. The number of pyridine rings is 1. The third kappa shape index (κ3) is 4.44. The Hall–Kier alpha value is -1.59. The minimum atomic E-state index is -0.403. The molecule has 0 bridgehead atoms. The number of carbonyl (C=O) groups excluding carboxylic acids is 1. The summed E-state index contributed by atoms with van der Waals surface area (Å²) < 4.78 is 13.7. The average molecular weight is 325 g/mol. The summed E-state index contributed by atoms with van der Waals surface area (Å²) >= 11 is 7.30. The Labute approximate surface area is 132 Å². The molecule has 0 saturated carbocycles. The van der Waals surface area contributed by atoms with Gasteiger partial charge in [0.25, 0.3) is 0 Å². The van der Waals surface area contributed by atoms with Gasteiger partial charge in [0.05, 0.1) is 10.8 Å². The highest BCUT2D eigenvalue weighted by atomic mass is 35.5. The zero-order valence-electron chi connectivity index (χ0n) is 11.4. The molecule has 2 aromatic rings.